The summed E-state index contributed by atoms with van der Waals surface area (Å²) in [4.78, 5) is 16.9. The smallest absolute Gasteiger partial charge is 0.172 e. The van der Waals surface area contributed by atoms with E-state index in [2.05, 4.69) is 4.98 Å². The number of carbonyl (C=O) groups excluding carboxylic acids is 1. The molecule has 3 nitrogen and oxygen atoms in total. The van der Waals surface area contributed by atoms with Gasteiger partial charge in [-0.05, 0) is 5.56 Å². The van der Waals surface area contributed by atoms with E-state index in [-0.39, 0.29) is 11.7 Å². The van der Waals surface area contributed by atoms with Crippen molar-refractivity contribution in [2.75, 3.05) is 0 Å². The minimum atomic E-state index is -0.206. The molecule has 0 fully saturated rings. The van der Waals surface area contributed by atoms with Crippen LogP contribution in [-0.2, 0) is 6.54 Å². The number of rotatable bonds is 5. The van der Waals surface area contributed by atoms with Crippen molar-refractivity contribution in [2.45, 2.75) is 12.5 Å². The molecule has 0 aliphatic carbocycles. The second-order valence-corrected chi connectivity index (χ2v) is 4.95. The molecule has 0 spiro atoms. The Hall–Kier alpha value is -2.68. The van der Waals surface area contributed by atoms with Crippen LogP contribution in [-0.4, -0.2) is 15.3 Å². The van der Waals surface area contributed by atoms with Gasteiger partial charge in [0.05, 0.1) is 12.2 Å². The largest absolute Gasteiger partial charge is 0.336 e. The van der Waals surface area contributed by atoms with Gasteiger partial charge in [0.2, 0.25) is 0 Å². The van der Waals surface area contributed by atoms with Gasteiger partial charge in [-0.15, -0.1) is 0 Å². The number of Topliss-reactive ketones (excluding diaryl/α,β-unsaturated/α-hetero) is 1. The van der Waals surface area contributed by atoms with Crippen LogP contribution in [0.2, 0.25) is 0 Å². The third-order valence-electron chi connectivity index (χ3n) is 3.53. The molecule has 0 aliphatic heterocycles. The van der Waals surface area contributed by atoms with Crippen molar-refractivity contribution in [2.24, 2.45) is 0 Å². The molecule has 2 aromatic carbocycles. The fraction of sp³-hybridized carbons (Fsp3) is 0.111. The zero-order valence-corrected chi connectivity index (χ0v) is 11.6. The fourth-order valence-corrected chi connectivity index (χ4v) is 2.43. The van der Waals surface area contributed by atoms with E-state index in [1.807, 2.05) is 71.4 Å². The maximum atomic E-state index is 12.8. The summed E-state index contributed by atoms with van der Waals surface area (Å²) in [6.45, 7) is 0.595. The SMILES string of the molecule is O=C(c1ccccc1)C(Cn1ccnc1)c1ccccc1. The maximum Gasteiger partial charge on any atom is 0.172 e. The van der Waals surface area contributed by atoms with Crippen LogP contribution in [0.15, 0.2) is 79.4 Å². The molecule has 0 N–H and O–H groups in total. The quantitative estimate of drug-likeness (QED) is 0.668. The fourth-order valence-electron chi connectivity index (χ4n) is 2.43. The summed E-state index contributed by atoms with van der Waals surface area (Å²) in [7, 11) is 0. The van der Waals surface area contributed by atoms with Gasteiger partial charge in [0.15, 0.2) is 5.78 Å². The van der Waals surface area contributed by atoms with Crippen LogP contribution in [0.5, 0.6) is 0 Å². The van der Waals surface area contributed by atoms with Gasteiger partial charge in [-0.3, -0.25) is 4.79 Å². The molecule has 104 valence electrons. The van der Waals surface area contributed by atoms with Crippen molar-refractivity contribution in [3.63, 3.8) is 0 Å². The van der Waals surface area contributed by atoms with Gasteiger partial charge in [-0.25, -0.2) is 4.98 Å². The number of benzene rings is 2. The number of aromatic nitrogens is 2. The third kappa shape index (κ3) is 3.08. The average Bonchev–Trinajstić information content (AvgIpc) is 3.07. The summed E-state index contributed by atoms with van der Waals surface area (Å²) >= 11 is 0. The molecule has 1 unspecified atom stereocenters. The minimum Gasteiger partial charge on any atom is -0.336 e. The number of nitrogens with zero attached hydrogens (tertiary/aromatic N) is 2. The van der Waals surface area contributed by atoms with Crippen molar-refractivity contribution >= 4 is 5.78 Å². The van der Waals surface area contributed by atoms with Crippen molar-refractivity contribution in [3.8, 4) is 0 Å². The molecule has 1 aromatic heterocycles. The zero-order valence-electron chi connectivity index (χ0n) is 11.6. The monoisotopic (exact) mass is 276 g/mol. The highest BCUT2D eigenvalue weighted by Gasteiger charge is 2.22. The molecule has 1 heterocycles. The topological polar surface area (TPSA) is 34.9 Å². The molecule has 0 saturated carbocycles. The van der Waals surface area contributed by atoms with E-state index < -0.39 is 0 Å². The Morgan fingerprint density at radius 2 is 1.67 bits per heavy atom. The van der Waals surface area contributed by atoms with E-state index in [1.54, 1.807) is 12.5 Å². The van der Waals surface area contributed by atoms with Crippen LogP contribution in [0.1, 0.15) is 21.8 Å². The lowest BCUT2D eigenvalue weighted by Crippen LogP contribution is -2.18. The molecule has 3 rings (SSSR count). The predicted molar refractivity (Wildman–Crippen MR) is 82.2 cm³/mol. The number of carbonyl (C=O) groups is 1. The summed E-state index contributed by atoms with van der Waals surface area (Å²) in [5.74, 6) is -0.0710. The first kappa shape index (κ1) is 13.3. The van der Waals surface area contributed by atoms with Crippen LogP contribution in [0.25, 0.3) is 0 Å². The van der Waals surface area contributed by atoms with Gasteiger partial charge in [0.25, 0.3) is 0 Å². The highest BCUT2D eigenvalue weighted by Crippen LogP contribution is 2.23. The molecule has 3 heteroatoms. The molecule has 0 amide bonds. The van der Waals surface area contributed by atoms with Gasteiger partial charge in [0, 0.05) is 24.5 Å². The first-order valence-corrected chi connectivity index (χ1v) is 6.94. The lowest BCUT2D eigenvalue weighted by atomic mass is 9.90. The highest BCUT2D eigenvalue weighted by molar-refractivity contribution is 6.00. The van der Waals surface area contributed by atoms with Crippen LogP contribution in [0.4, 0.5) is 0 Å². The Morgan fingerprint density at radius 3 is 2.29 bits per heavy atom. The van der Waals surface area contributed by atoms with Crippen molar-refractivity contribution in [1.29, 1.82) is 0 Å². The molecule has 0 saturated heterocycles. The summed E-state index contributed by atoms with van der Waals surface area (Å²) in [5.41, 5.74) is 1.77. The normalized spacial score (nSPS) is 12.0. The Kier molecular flexibility index (Phi) is 3.92. The summed E-state index contributed by atoms with van der Waals surface area (Å²) < 4.78 is 1.94. The number of hydrogen-bond donors (Lipinski definition) is 0. The lowest BCUT2D eigenvalue weighted by Gasteiger charge is -2.17. The second kappa shape index (κ2) is 6.18. The minimum absolute atomic E-state index is 0.135. The first-order valence-electron chi connectivity index (χ1n) is 6.94. The van der Waals surface area contributed by atoms with Crippen LogP contribution >= 0.6 is 0 Å². The van der Waals surface area contributed by atoms with Crippen LogP contribution in [0.3, 0.4) is 0 Å². The Labute approximate surface area is 123 Å². The van der Waals surface area contributed by atoms with Gasteiger partial charge >= 0.3 is 0 Å². The van der Waals surface area contributed by atoms with Gasteiger partial charge < -0.3 is 4.57 Å². The number of ketones is 1. The average molecular weight is 276 g/mol. The van der Waals surface area contributed by atoms with Gasteiger partial charge in [-0.1, -0.05) is 60.7 Å². The molecule has 0 radical (unpaired) electrons. The second-order valence-electron chi connectivity index (χ2n) is 4.95. The molecule has 21 heavy (non-hydrogen) atoms. The van der Waals surface area contributed by atoms with Gasteiger partial charge in [0.1, 0.15) is 0 Å². The van der Waals surface area contributed by atoms with Crippen molar-refractivity contribution in [1.82, 2.24) is 9.55 Å². The highest BCUT2D eigenvalue weighted by atomic mass is 16.1. The van der Waals surface area contributed by atoms with Crippen LogP contribution in [0, 0.1) is 0 Å². The van der Waals surface area contributed by atoms with E-state index in [1.165, 1.54) is 0 Å². The molecule has 3 aromatic rings. The molecule has 0 aliphatic rings. The summed E-state index contributed by atoms with van der Waals surface area (Å²) in [6.07, 6.45) is 5.36. The van der Waals surface area contributed by atoms with Crippen molar-refractivity contribution < 1.29 is 4.79 Å². The van der Waals surface area contributed by atoms with E-state index in [4.69, 9.17) is 0 Å². The molecule has 0 bridgehead atoms. The predicted octanol–water partition coefficient (Wildman–Crippen LogP) is 3.55. The third-order valence-corrected chi connectivity index (χ3v) is 3.53. The number of hydrogen-bond acceptors (Lipinski definition) is 2. The number of imidazole rings is 1. The molecule has 1 atom stereocenters. The Balaban J connectivity index is 1.94. The van der Waals surface area contributed by atoms with Gasteiger partial charge in [-0.2, -0.15) is 0 Å². The van der Waals surface area contributed by atoms with E-state index >= 15 is 0 Å². The van der Waals surface area contributed by atoms with E-state index in [9.17, 15) is 4.79 Å². The summed E-state index contributed by atoms with van der Waals surface area (Å²) in [6, 6.07) is 19.3. The molecular weight excluding hydrogens is 260 g/mol. The standard InChI is InChI=1S/C18H16N2O/c21-18(16-9-5-2-6-10-16)17(13-20-12-11-19-14-20)15-7-3-1-4-8-15/h1-12,14,17H,13H2. The lowest BCUT2D eigenvalue weighted by molar-refractivity contribution is 0.0951. The van der Waals surface area contributed by atoms with E-state index in [0.29, 0.717) is 6.54 Å². The van der Waals surface area contributed by atoms with E-state index in [0.717, 1.165) is 11.1 Å². The Morgan fingerprint density at radius 1 is 1.00 bits per heavy atom. The molecular formula is C18H16N2O. The Bertz CT molecular complexity index is 691. The van der Waals surface area contributed by atoms with Crippen LogP contribution < -0.4 is 0 Å². The summed E-state index contributed by atoms with van der Waals surface area (Å²) in [5, 5.41) is 0. The zero-order chi connectivity index (χ0) is 14.5. The maximum absolute atomic E-state index is 12.8. The van der Waals surface area contributed by atoms with Crippen molar-refractivity contribution in [3.05, 3.63) is 90.5 Å². The first-order chi connectivity index (χ1) is 10.3.